The summed E-state index contributed by atoms with van der Waals surface area (Å²) in [6, 6.07) is 17.5. The van der Waals surface area contributed by atoms with Crippen molar-refractivity contribution in [2.45, 2.75) is 25.4 Å². The molecular weight excluding hydrogens is 386 g/mol. The lowest BCUT2D eigenvalue weighted by molar-refractivity contribution is 0.414. The van der Waals surface area contributed by atoms with Crippen molar-refractivity contribution in [3.63, 3.8) is 0 Å². The van der Waals surface area contributed by atoms with Crippen molar-refractivity contribution in [3.05, 3.63) is 66.2 Å². The van der Waals surface area contributed by atoms with Gasteiger partial charge in [0, 0.05) is 63.3 Å². The summed E-state index contributed by atoms with van der Waals surface area (Å²) in [5.74, 6) is 1.75. The van der Waals surface area contributed by atoms with Crippen molar-refractivity contribution >= 4 is 17.3 Å². The van der Waals surface area contributed by atoms with Gasteiger partial charge in [-0.2, -0.15) is 0 Å². The van der Waals surface area contributed by atoms with Crippen molar-refractivity contribution in [1.29, 1.82) is 0 Å². The van der Waals surface area contributed by atoms with Crippen LogP contribution in [-0.2, 0) is 6.54 Å². The Bertz CT molecular complexity index is 900. The minimum Gasteiger partial charge on any atom is -0.497 e. The Morgan fingerprint density at radius 1 is 1.06 bits per heavy atom. The highest BCUT2D eigenvalue weighted by molar-refractivity contribution is 5.80. The lowest BCUT2D eigenvalue weighted by Gasteiger charge is -2.35. The average Bonchev–Trinajstić information content (AvgIpc) is 3.37. The SMILES string of the molecule is CN=C(NCc1ccc(N2CC=CC2)cc1)NC1CCCN(c2cccc(OC)c2)C1. The first-order valence-corrected chi connectivity index (χ1v) is 11.1. The van der Waals surface area contributed by atoms with Crippen LogP contribution in [0.2, 0.25) is 0 Å². The number of guanidine groups is 1. The zero-order valence-corrected chi connectivity index (χ0v) is 18.6. The van der Waals surface area contributed by atoms with Gasteiger partial charge in [0.1, 0.15) is 5.75 Å². The highest BCUT2D eigenvalue weighted by Crippen LogP contribution is 2.24. The second kappa shape index (κ2) is 10.2. The van der Waals surface area contributed by atoms with Crippen LogP contribution < -0.4 is 25.2 Å². The molecule has 2 N–H and O–H groups in total. The highest BCUT2D eigenvalue weighted by Gasteiger charge is 2.21. The summed E-state index contributed by atoms with van der Waals surface area (Å²) in [5.41, 5.74) is 3.73. The van der Waals surface area contributed by atoms with E-state index in [4.69, 9.17) is 4.74 Å². The minimum absolute atomic E-state index is 0.358. The van der Waals surface area contributed by atoms with Crippen LogP contribution in [0.25, 0.3) is 0 Å². The summed E-state index contributed by atoms with van der Waals surface area (Å²) < 4.78 is 5.39. The first kappa shape index (κ1) is 21.1. The standard InChI is InChI=1S/C25H33N5O/c1-26-25(27-18-20-10-12-22(13-11-20)29-14-3-4-15-29)28-21-7-6-16-30(19-21)23-8-5-9-24(17-23)31-2/h3-5,8-13,17,21H,6-7,14-16,18-19H2,1-2H3,(H2,26,27,28). The molecule has 2 aliphatic rings. The number of aliphatic imine (C=N–C) groups is 1. The Balaban J connectivity index is 1.29. The summed E-state index contributed by atoms with van der Waals surface area (Å²) in [7, 11) is 3.55. The molecular formula is C25H33N5O. The van der Waals surface area contributed by atoms with Gasteiger partial charge in [-0.15, -0.1) is 0 Å². The molecule has 0 amide bonds. The summed E-state index contributed by atoms with van der Waals surface area (Å²) in [5, 5.41) is 7.08. The molecule has 31 heavy (non-hydrogen) atoms. The minimum atomic E-state index is 0.358. The summed E-state index contributed by atoms with van der Waals surface area (Å²) in [6.07, 6.45) is 6.72. The molecule has 164 valence electrons. The van der Waals surface area contributed by atoms with Gasteiger partial charge in [0.2, 0.25) is 0 Å². The first-order chi connectivity index (χ1) is 15.2. The van der Waals surface area contributed by atoms with Crippen molar-refractivity contribution in [2.24, 2.45) is 4.99 Å². The number of rotatable bonds is 6. The first-order valence-electron chi connectivity index (χ1n) is 11.1. The molecule has 0 bridgehead atoms. The van der Waals surface area contributed by atoms with E-state index in [9.17, 15) is 0 Å². The number of nitrogens with zero attached hydrogens (tertiary/aromatic N) is 3. The number of piperidine rings is 1. The smallest absolute Gasteiger partial charge is 0.191 e. The zero-order valence-electron chi connectivity index (χ0n) is 18.6. The molecule has 0 spiro atoms. The molecule has 1 fully saturated rings. The van der Waals surface area contributed by atoms with Gasteiger partial charge < -0.3 is 25.2 Å². The molecule has 2 heterocycles. The normalized spacial score (nSPS) is 18.9. The fraction of sp³-hybridized carbons (Fsp3) is 0.400. The quantitative estimate of drug-likeness (QED) is 0.427. The molecule has 1 unspecified atom stereocenters. The van der Waals surface area contributed by atoms with Crippen LogP contribution >= 0.6 is 0 Å². The Kier molecular flexibility index (Phi) is 6.97. The Morgan fingerprint density at radius 2 is 1.87 bits per heavy atom. The fourth-order valence-electron chi connectivity index (χ4n) is 4.22. The van der Waals surface area contributed by atoms with Gasteiger partial charge in [0.25, 0.3) is 0 Å². The molecule has 2 aromatic carbocycles. The zero-order chi connectivity index (χ0) is 21.5. The number of methoxy groups -OCH3 is 1. The van der Waals surface area contributed by atoms with E-state index in [0.717, 1.165) is 57.3 Å². The van der Waals surface area contributed by atoms with Crippen molar-refractivity contribution in [3.8, 4) is 5.75 Å². The number of anilines is 2. The van der Waals surface area contributed by atoms with Gasteiger partial charge in [-0.3, -0.25) is 4.99 Å². The molecule has 4 rings (SSSR count). The molecule has 2 aromatic rings. The van der Waals surface area contributed by atoms with E-state index in [1.807, 2.05) is 13.1 Å². The Morgan fingerprint density at radius 3 is 2.61 bits per heavy atom. The molecule has 0 aromatic heterocycles. The van der Waals surface area contributed by atoms with Crippen LogP contribution in [0, 0.1) is 0 Å². The van der Waals surface area contributed by atoms with E-state index < -0.39 is 0 Å². The molecule has 0 aliphatic carbocycles. The van der Waals surface area contributed by atoms with Gasteiger partial charge in [0.05, 0.1) is 7.11 Å². The van der Waals surface area contributed by atoms with Crippen LogP contribution in [0.5, 0.6) is 5.75 Å². The lowest BCUT2D eigenvalue weighted by Crippen LogP contribution is -2.51. The fourth-order valence-corrected chi connectivity index (χ4v) is 4.22. The monoisotopic (exact) mass is 419 g/mol. The Hall–Kier alpha value is -3.15. The van der Waals surface area contributed by atoms with E-state index in [0.29, 0.717) is 6.04 Å². The second-order valence-corrected chi connectivity index (χ2v) is 8.10. The van der Waals surface area contributed by atoms with Crippen LogP contribution in [0.3, 0.4) is 0 Å². The third-order valence-electron chi connectivity index (χ3n) is 5.98. The molecule has 1 atom stereocenters. The van der Waals surface area contributed by atoms with Gasteiger partial charge in [-0.1, -0.05) is 30.4 Å². The third kappa shape index (κ3) is 5.51. The van der Waals surface area contributed by atoms with Gasteiger partial charge >= 0.3 is 0 Å². The van der Waals surface area contributed by atoms with Gasteiger partial charge in [-0.05, 0) is 42.7 Å². The lowest BCUT2D eigenvalue weighted by atomic mass is 10.0. The molecule has 6 nitrogen and oxygen atoms in total. The largest absolute Gasteiger partial charge is 0.497 e. The predicted octanol–water partition coefficient (Wildman–Crippen LogP) is 3.41. The molecule has 1 saturated heterocycles. The van der Waals surface area contributed by atoms with E-state index >= 15 is 0 Å². The maximum Gasteiger partial charge on any atom is 0.191 e. The van der Waals surface area contributed by atoms with Gasteiger partial charge in [0.15, 0.2) is 5.96 Å². The van der Waals surface area contributed by atoms with Crippen molar-refractivity contribution < 1.29 is 4.74 Å². The van der Waals surface area contributed by atoms with E-state index in [-0.39, 0.29) is 0 Å². The maximum absolute atomic E-state index is 5.39. The van der Waals surface area contributed by atoms with E-state index in [1.54, 1.807) is 7.11 Å². The van der Waals surface area contributed by atoms with Crippen LogP contribution in [-0.4, -0.2) is 52.3 Å². The number of nitrogens with one attached hydrogen (secondary N) is 2. The van der Waals surface area contributed by atoms with Crippen LogP contribution in [0.1, 0.15) is 18.4 Å². The van der Waals surface area contributed by atoms with Crippen LogP contribution in [0.4, 0.5) is 11.4 Å². The highest BCUT2D eigenvalue weighted by atomic mass is 16.5. The summed E-state index contributed by atoms with van der Waals surface area (Å²) >= 11 is 0. The van der Waals surface area contributed by atoms with Crippen molar-refractivity contribution in [1.82, 2.24) is 10.6 Å². The Labute approximate surface area is 185 Å². The topological polar surface area (TPSA) is 52.1 Å². The molecule has 6 heteroatoms. The number of hydrogen-bond donors (Lipinski definition) is 2. The number of hydrogen-bond acceptors (Lipinski definition) is 4. The van der Waals surface area contributed by atoms with E-state index in [2.05, 4.69) is 80.0 Å². The number of ether oxygens (including phenoxy) is 1. The number of benzene rings is 2. The van der Waals surface area contributed by atoms with Crippen molar-refractivity contribution in [2.75, 3.05) is 50.1 Å². The average molecular weight is 420 g/mol. The van der Waals surface area contributed by atoms with Crippen LogP contribution in [0.15, 0.2) is 65.7 Å². The molecule has 2 aliphatic heterocycles. The predicted molar refractivity (Wildman–Crippen MR) is 129 cm³/mol. The molecule has 0 radical (unpaired) electrons. The summed E-state index contributed by atoms with van der Waals surface area (Å²) in [6.45, 7) is 4.78. The van der Waals surface area contributed by atoms with Gasteiger partial charge in [-0.25, -0.2) is 0 Å². The van der Waals surface area contributed by atoms with E-state index in [1.165, 1.54) is 16.9 Å². The third-order valence-corrected chi connectivity index (χ3v) is 5.98. The molecule has 0 saturated carbocycles. The maximum atomic E-state index is 5.39. The second-order valence-electron chi connectivity index (χ2n) is 8.10. The summed E-state index contributed by atoms with van der Waals surface area (Å²) in [4.78, 5) is 9.22.